The molecule has 0 unspecified atom stereocenters. The van der Waals surface area contributed by atoms with E-state index in [4.69, 9.17) is 5.73 Å². The maximum absolute atomic E-state index is 11.9. The average Bonchev–Trinajstić information content (AvgIpc) is 2.14. The maximum atomic E-state index is 11.9. The van der Waals surface area contributed by atoms with E-state index < -0.39 is 34.8 Å². The second-order valence-electron chi connectivity index (χ2n) is 3.74. The number of hydrogen-bond acceptors (Lipinski definition) is 3. The fourth-order valence-electron chi connectivity index (χ4n) is 1.31. The predicted molar refractivity (Wildman–Crippen MR) is 67.7 cm³/mol. The van der Waals surface area contributed by atoms with Crippen molar-refractivity contribution >= 4 is 27.2 Å². The van der Waals surface area contributed by atoms with Crippen LogP contribution in [0.4, 0.5) is 13.2 Å². The van der Waals surface area contributed by atoms with Crippen LogP contribution in [0.5, 0.6) is 0 Å². The van der Waals surface area contributed by atoms with Gasteiger partial charge in [0.25, 0.3) is 0 Å². The van der Waals surface area contributed by atoms with Gasteiger partial charge >= 0.3 is 6.18 Å². The van der Waals surface area contributed by atoms with Gasteiger partial charge in [0.2, 0.25) is 10.0 Å². The quantitative estimate of drug-likeness (QED) is 0.693. The van der Waals surface area contributed by atoms with Crippen LogP contribution in [0.2, 0.25) is 0 Å². The SMILES string of the molecule is CCN(CCC(N)=S)S(=O)(=O)CCCC(F)(F)F. The molecule has 0 spiro atoms. The molecule has 0 heterocycles. The Morgan fingerprint density at radius 2 is 1.94 bits per heavy atom. The summed E-state index contributed by atoms with van der Waals surface area (Å²) in [6.07, 6.45) is -5.64. The van der Waals surface area contributed by atoms with Crippen molar-refractivity contribution in [2.24, 2.45) is 5.73 Å². The predicted octanol–water partition coefficient (Wildman–Crippen LogP) is 1.66. The third-order valence-corrected chi connectivity index (χ3v) is 4.45. The Kier molecular flexibility index (Phi) is 7.08. The van der Waals surface area contributed by atoms with Crippen LogP contribution in [0.15, 0.2) is 0 Å². The summed E-state index contributed by atoms with van der Waals surface area (Å²) in [6.45, 7) is 1.91. The van der Waals surface area contributed by atoms with Crippen molar-refractivity contribution in [3.05, 3.63) is 0 Å². The fourth-order valence-corrected chi connectivity index (χ4v) is 2.93. The molecule has 0 aromatic rings. The Bertz CT molecular complexity index is 368. The number of alkyl halides is 3. The van der Waals surface area contributed by atoms with E-state index in [1.165, 1.54) is 0 Å². The van der Waals surface area contributed by atoms with Gasteiger partial charge in [-0.25, -0.2) is 12.7 Å². The van der Waals surface area contributed by atoms with E-state index in [1.807, 2.05) is 0 Å². The molecule has 0 bridgehead atoms. The second-order valence-corrected chi connectivity index (χ2v) is 6.36. The summed E-state index contributed by atoms with van der Waals surface area (Å²) >= 11 is 4.63. The normalized spacial score (nSPS) is 12.9. The molecule has 0 aliphatic carbocycles. The first-order valence-electron chi connectivity index (χ1n) is 5.41. The Balaban J connectivity index is 4.35. The van der Waals surface area contributed by atoms with E-state index in [0.717, 1.165) is 4.31 Å². The lowest BCUT2D eigenvalue weighted by molar-refractivity contribution is -0.134. The zero-order valence-electron chi connectivity index (χ0n) is 10.0. The van der Waals surface area contributed by atoms with Crippen LogP contribution in [0, 0.1) is 0 Å². The van der Waals surface area contributed by atoms with Crippen molar-refractivity contribution in [1.29, 1.82) is 0 Å². The van der Waals surface area contributed by atoms with Gasteiger partial charge in [0.15, 0.2) is 0 Å². The highest BCUT2D eigenvalue weighted by molar-refractivity contribution is 7.89. The molecule has 0 aliphatic heterocycles. The van der Waals surface area contributed by atoms with Crippen LogP contribution >= 0.6 is 12.2 Å². The largest absolute Gasteiger partial charge is 0.393 e. The molecule has 0 aromatic carbocycles. The number of sulfonamides is 1. The van der Waals surface area contributed by atoms with Crippen LogP contribution in [-0.2, 0) is 10.0 Å². The molecule has 0 fully saturated rings. The highest BCUT2D eigenvalue weighted by Gasteiger charge is 2.28. The molecule has 9 heteroatoms. The highest BCUT2D eigenvalue weighted by atomic mass is 32.2. The van der Waals surface area contributed by atoms with Gasteiger partial charge in [-0.15, -0.1) is 0 Å². The molecular formula is C9H17F3N2O2S2. The molecule has 0 aliphatic rings. The van der Waals surface area contributed by atoms with E-state index in [2.05, 4.69) is 12.2 Å². The van der Waals surface area contributed by atoms with Crippen molar-refractivity contribution in [3.8, 4) is 0 Å². The molecular weight excluding hydrogens is 289 g/mol. The van der Waals surface area contributed by atoms with Crippen molar-refractivity contribution in [2.45, 2.75) is 32.4 Å². The number of rotatable bonds is 8. The maximum Gasteiger partial charge on any atom is 0.389 e. The lowest BCUT2D eigenvalue weighted by atomic mass is 10.3. The zero-order valence-corrected chi connectivity index (χ0v) is 11.7. The van der Waals surface area contributed by atoms with Crippen molar-refractivity contribution in [2.75, 3.05) is 18.8 Å². The Hall–Kier alpha value is -0.410. The first-order chi connectivity index (χ1) is 8.08. The molecule has 18 heavy (non-hydrogen) atoms. The number of hydrogen-bond donors (Lipinski definition) is 1. The second kappa shape index (κ2) is 7.25. The van der Waals surface area contributed by atoms with Gasteiger partial charge in [-0.2, -0.15) is 13.2 Å². The first-order valence-corrected chi connectivity index (χ1v) is 7.43. The Morgan fingerprint density at radius 3 is 2.33 bits per heavy atom. The molecule has 0 saturated heterocycles. The first kappa shape index (κ1) is 17.6. The summed E-state index contributed by atoms with van der Waals surface area (Å²) < 4.78 is 60.3. The van der Waals surface area contributed by atoms with Gasteiger partial charge in [-0.3, -0.25) is 0 Å². The summed E-state index contributed by atoms with van der Waals surface area (Å²) in [5, 5.41) is 0. The number of thiocarbonyl (C=S) groups is 1. The summed E-state index contributed by atoms with van der Waals surface area (Å²) in [6, 6.07) is 0. The van der Waals surface area contributed by atoms with Crippen LogP contribution in [-0.4, -0.2) is 42.7 Å². The molecule has 0 atom stereocenters. The smallest absolute Gasteiger partial charge is 0.389 e. The lowest BCUT2D eigenvalue weighted by Gasteiger charge is -2.20. The molecule has 0 saturated carbocycles. The van der Waals surface area contributed by atoms with Gasteiger partial charge in [-0.05, 0) is 6.42 Å². The van der Waals surface area contributed by atoms with Gasteiger partial charge in [0, 0.05) is 25.9 Å². The third-order valence-electron chi connectivity index (χ3n) is 2.22. The Labute approximate surface area is 110 Å². The molecule has 0 rings (SSSR count). The van der Waals surface area contributed by atoms with E-state index >= 15 is 0 Å². The minimum Gasteiger partial charge on any atom is -0.393 e. The summed E-state index contributed by atoms with van der Waals surface area (Å²) in [4.78, 5) is 0.180. The fraction of sp³-hybridized carbons (Fsp3) is 0.889. The topological polar surface area (TPSA) is 63.4 Å². The molecule has 0 radical (unpaired) electrons. The summed E-state index contributed by atoms with van der Waals surface area (Å²) in [5.74, 6) is -0.516. The molecule has 0 amide bonds. The van der Waals surface area contributed by atoms with Crippen molar-refractivity contribution < 1.29 is 21.6 Å². The zero-order chi connectivity index (χ0) is 14.4. The molecule has 4 nitrogen and oxygen atoms in total. The van der Waals surface area contributed by atoms with Crippen molar-refractivity contribution in [1.82, 2.24) is 4.31 Å². The van der Waals surface area contributed by atoms with E-state index in [9.17, 15) is 21.6 Å². The van der Waals surface area contributed by atoms with Gasteiger partial charge in [0.05, 0.1) is 10.7 Å². The number of nitrogens with two attached hydrogens (primary N) is 1. The standard InChI is InChI=1S/C9H17F3N2O2S2/c1-2-14(6-4-8(13)17)18(15,16)7-3-5-9(10,11)12/h2-7H2,1H3,(H2,13,17). The molecule has 0 aromatic heterocycles. The number of nitrogens with zero attached hydrogens (tertiary/aromatic N) is 1. The van der Waals surface area contributed by atoms with Crippen LogP contribution < -0.4 is 5.73 Å². The van der Waals surface area contributed by atoms with E-state index in [1.54, 1.807) is 6.92 Å². The molecule has 108 valence electrons. The molecule has 2 N–H and O–H groups in total. The van der Waals surface area contributed by atoms with Crippen LogP contribution in [0.3, 0.4) is 0 Å². The van der Waals surface area contributed by atoms with E-state index in [0.29, 0.717) is 0 Å². The summed E-state index contributed by atoms with van der Waals surface area (Å²) in [5.41, 5.74) is 5.26. The third kappa shape index (κ3) is 7.83. The van der Waals surface area contributed by atoms with Gasteiger partial charge in [-0.1, -0.05) is 19.1 Å². The van der Waals surface area contributed by atoms with Crippen LogP contribution in [0.1, 0.15) is 26.2 Å². The van der Waals surface area contributed by atoms with E-state index in [-0.39, 0.29) is 24.5 Å². The Morgan fingerprint density at radius 1 is 1.39 bits per heavy atom. The van der Waals surface area contributed by atoms with Gasteiger partial charge < -0.3 is 5.73 Å². The minimum absolute atomic E-state index is 0.111. The average molecular weight is 306 g/mol. The number of halogens is 3. The summed E-state index contributed by atoms with van der Waals surface area (Å²) in [7, 11) is -3.67. The minimum atomic E-state index is -4.33. The van der Waals surface area contributed by atoms with Gasteiger partial charge in [0.1, 0.15) is 0 Å². The lowest BCUT2D eigenvalue weighted by Crippen LogP contribution is -2.35. The monoisotopic (exact) mass is 306 g/mol. The highest BCUT2D eigenvalue weighted by Crippen LogP contribution is 2.22. The van der Waals surface area contributed by atoms with Crippen molar-refractivity contribution in [3.63, 3.8) is 0 Å². The van der Waals surface area contributed by atoms with Crippen LogP contribution in [0.25, 0.3) is 0 Å².